The molecular formula is C20H21N3S2. The van der Waals surface area contributed by atoms with Crippen molar-refractivity contribution in [3.8, 4) is 17.2 Å². The van der Waals surface area contributed by atoms with E-state index in [9.17, 15) is 0 Å². The average molecular weight is 368 g/mol. The van der Waals surface area contributed by atoms with Crippen molar-refractivity contribution in [2.45, 2.75) is 44.6 Å². The van der Waals surface area contributed by atoms with Gasteiger partial charge in [0.2, 0.25) is 0 Å². The van der Waals surface area contributed by atoms with Gasteiger partial charge in [-0.2, -0.15) is 5.26 Å². The van der Waals surface area contributed by atoms with E-state index in [2.05, 4.69) is 59.5 Å². The summed E-state index contributed by atoms with van der Waals surface area (Å²) < 4.78 is 0. The van der Waals surface area contributed by atoms with Gasteiger partial charge < -0.3 is 0 Å². The van der Waals surface area contributed by atoms with Crippen molar-refractivity contribution in [3.05, 3.63) is 41.0 Å². The molecule has 0 fully saturated rings. The van der Waals surface area contributed by atoms with Crippen molar-refractivity contribution in [3.63, 3.8) is 0 Å². The van der Waals surface area contributed by atoms with Gasteiger partial charge in [0.15, 0.2) is 0 Å². The molecule has 0 bridgehead atoms. The first-order valence-corrected chi connectivity index (χ1v) is 10.3. The van der Waals surface area contributed by atoms with E-state index in [1.54, 1.807) is 23.1 Å². The summed E-state index contributed by atoms with van der Waals surface area (Å²) in [4.78, 5) is 10.3. The van der Waals surface area contributed by atoms with Gasteiger partial charge in [-0.05, 0) is 30.4 Å². The predicted molar refractivity (Wildman–Crippen MR) is 107 cm³/mol. The van der Waals surface area contributed by atoms with E-state index in [0.717, 1.165) is 33.2 Å². The van der Waals surface area contributed by atoms with E-state index >= 15 is 0 Å². The number of hydrogen-bond acceptors (Lipinski definition) is 5. The van der Waals surface area contributed by atoms with Gasteiger partial charge >= 0.3 is 0 Å². The number of thiophene rings is 1. The molecule has 0 saturated heterocycles. The lowest BCUT2D eigenvalue weighted by molar-refractivity contribution is 0.867. The molecule has 128 valence electrons. The van der Waals surface area contributed by atoms with Crippen molar-refractivity contribution >= 4 is 33.3 Å². The molecule has 0 amide bonds. The Labute approximate surface area is 157 Å². The topological polar surface area (TPSA) is 49.6 Å². The van der Waals surface area contributed by atoms with Crippen molar-refractivity contribution in [1.29, 1.82) is 5.26 Å². The van der Waals surface area contributed by atoms with Crippen LogP contribution < -0.4 is 0 Å². The standard InChI is InChI=1S/C20H21N3S2/c1-13(2)15-6-8-16(9-7-15)17-12-25-20-18(17)19(22-14(3)23-20)24-11-5-4-10-21/h6-9,12-13H,4-5,11H2,1-3H3. The lowest BCUT2D eigenvalue weighted by Gasteiger charge is -2.08. The van der Waals surface area contributed by atoms with E-state index < -0.39 is 0 Å². The zero-order valence-electron chi connectivity index (χ0n) is 14.7. The highest BCUT2D eigenvalue weighted by molar-refractivity contribution is 7.99. The molecule has 5 heteroatoms. The minimum absolute atomic E-state index is 0.533. The summed E-state index contributed by atoms with van der Waals surface area (Å²) in [6, 6.07) is 11.0. The first kappa shape index (κ1) is 17.9. The number of aromatic nitrogens is 2. The van der Waals surface area contributed by atoms with Crippen molar-refractivity contribution < 1.29 is 0 Å². The van der Waals surface area contributed by atoms with E-state index in [1.807, 2.05) is 6.92 Å². The van der Waals surface area contributed by atoms with Crippen molar-refractivity contribution in [2.24, 2.45) is 0 Å². The SMILES string of the molecule is Cc1nc(SCCCC#N)c2c(-c3ccc(C(C)C)cc3)csc2n1. The van der Waals surface area contributed by atoms with Gasteiger partial charge in [-0.25, -0.2) is 9.97 Å². The fourth-order valence-electron chi connectivity index (χ4n) is 2.70. The minimum Gasteiger partial charge on any atom is -0.226 e. The molecular weight excluding hydrogens is 346 g/mol. The zero-order chi connectivity index (χ0) is 17.8. The highest BCUT2D eigenvalue weighted by atomic mass is 32.2. The van der Waals surface area contributed by atoms with Crippen LogP contribution in [0.1, 0.15) is 44.0 Å². The summed E-state index contributed by atoms with van der Waals surface area (Å²) in [6.45, 7) is 6.36. The molecule has 2 aromatic heterocycles. The molecule has 0 saturated carbocycles. The summed E-state index contributed by atoms with van der Waals surface area (Å²) in [6.07, 6.45) is 1.47. The Bertz CT molecular complexity index is 905. The molecule has 3 aromatic rings. The van der Waals surface area contributed by atoms with Crippen LogP contribution in [0.15, 0.2) is 34.7 Å². The maximum atomic E-state index is 8.72. The van der Waals surface area contributed by atoms with Crippen LogP contribution in [-0.4, -0.2) is 15.7 Å². The van der Waals surface area contributed by atoms with Crippen LogP contribution in [0, 0.1) is 18.3 Å². The predicted octanol–water partition coefficient (Wildman–Crippen LogP) is 6.19. The fourth-order valence-corrected chi connectivity index (χ4v) is 4.78. The number of benzene rings is 1. The molecule has 0 spiro atoms. The van der Waals surface area contributed by atoms with Gasteiger partial charge in [0.05, 0.1) is 11.5 Å². The Morgan fingerprint density at radius 2 is 1.96 bits per heavy atom. The van der Waals surface area contributed by atoms with E-state index in [1.165, 1.54) is 16.7 Å². The van der Waals surface area contributed by atoms with Crippen molar-refractivity contribution in [2.75, 3.05) is 5.75 Å². The normalized spacial score (nSPS) is 11.2. The van der Waals surface area contributed by atoms with E-state index in [-0.39, 0.29) is 0 Å². The molecule has 3 nitrogen and oxygen atoms in total. The molecule has 3 rings (SSSR count). The number of rotatable bonds is 6. The Morgan fingerprint density at radius 1 is 1.20 bits per heavy atom. The zero-order valence-corrected chi connectivity index (χ0v) is 16.4. The Balaban J connectivity index is 1.99. The van der Waals surface area contributed by atoms with Crippen LogP contribution in [0.25, 0.3) is 21.3 Å². The van der Waals surface area contributed by atoms with Gasteiger partial charge in [-0.15, -0.1) is 23.1 Å². The number of thioether (sulfide) groups is 1. The molecule has 0 unspecified atom stereocenters. The van der Waals surface area contributed by atoms with Crippen LogP contribution >= 0.6 is 23.1 Å². The summed E-state index contributed by atoms with van der Waals surface area (Å²) in [5, 5.41) is 13.1. The molecule has 0 aliphatic rings. The lowest BCUT2D eigenvalue weighted by atomic mass is 9.99. The molecule has 0 atom stereocenters. The Kier molecular flexibility index (Phi) is 5.72. The van der Waals surface area contributed by atoms with Crippen LogP contribution in [0.2, 0.25) is 0 Å². The number of fused-ring (bicyclic) bond motifs is 1. The van der Waals surface area contributed by atoms with Gasteiger partial charge in [0.1, 0.15) is 15.7 Å². The number of aryl methyl sites for hydroxylation is 1. The highest BCUT2D eigenvalue weighted by Crippen LogP contribution is 2.38. The highest BCUT2D eigenvalue weighted by Gasteiger charge is 2.15. The second-order valence-electron chi connectivity index (χ2n) is 6.29. The largest absolute Gasteiger partial charge is 0.226 e. The van der Waals surface area contributed by atoms with E-state index in [4.69, 9.17) is 5.26 Å². The van der Waals surface area contributed by atoms with Gasteiger partial charge in [-0.1, -0.05) is 38.1 Å². The lowest BCUT2D eigenvalue weighted by Crippen LogP contribution is -1.93. The molecule has 0 N–H and O–H groups in total. The second kappa shape index (κ2) is 7.99. The summed E-state index contributed by atoms with van der Waals surface area (Å²) in [5.41, 5.74) is 3.77. The van der Waals surface area contributed by atoms with E-state index in [0.29, 0.717) is 12.3 Å². The molecule has 25 heavy (non-hydrogen) atoms. The Hall–Kier alpha value is -1.90. The maximum absolute atomic E-state index is 8.72. The summed E-state index contributed by atoms with van der Waals surface area (Å²) >= 11 is 3.40. The second-order valence-corrected chi connectivity index (χ2v) is 8.23. The quantitative estimate of drug-likeness (QED) is 0.296. The number of hydrogen-bond donors (Lipinski definition) is 0. The smallest absolute Gasteiger partial charge is 0.128 e. The molecule has 0 aliphatic carbocycles. The first-order valence-electron chi connectivity index (χ1n) is 8.46. The monoisotopic (exact) mass is 367 g/mol. The van der Waals surface area contributed by atoms with Gasteiger partial charge in [0.25, 0.3) is 0 Å². The molecule has 0 aliphatic heterocycles. The number of nitriles is 1. The molecule has 2 heterocycles. The third-order valence-electron chi connectivity index (χ3n) is 4.07. The summed E-state index contributed by atoms with van der Waals surface area (Å²) in [7, 11) is 0. The van der Waals surface area contributed by atoms with Crippen LogP contribution in [0.5, 0.6) is 0 Å². The molecule has 0 radical (unpaired) electrons. The molecule has 1 aromatic carbocycles. The van der Waals surface area contributed by atoms with Gasteiger partial charge in [0, 0.05) is 23.1 Å². The van der Waals surface area contributed by atoms with Crippen LogP contribution in [-0.2, 0) is 0 Å². The number of nitrogens with zero attached hydrogens (tertiary/aromatic N) is 3. The van der Waals surface area contributed by atoms with Crippen molar-refractivity contribution in [1.82, 2.24) is 9.97 Å². The van der Waals surface area contributed by atoms with Crippen LogP contribution in [0.3, 0.4) is 0 Å². The minimum atomic E-state index is 0.533. The summed E-state index contributed by atoms with van der Waals surface area (Å²) in [5.74, 6) is 2.24. The third kappa shape index (κ3) is 4.02. The van der Waals surface area contributed by atoms with Gasteiger partial charge in [-0.3, -0.25) is 0 Å². The number of unbranched alkanes of at least 4 members (excludes halogenated alkanes) is 1. The fraction of sp³-hybridized carbons (Fsp3) is 0.350. The van der Waals surface area contributed by atoms with Crippen LogP contribution in [0.4, 0.5) is 0 Å². The average Bonchev–Trinajstić information content (AvgIpc) is 3.02. The first-order chi connectivity index (χ1) is 12.1. The Morgan fingerprint density at radius 3 is 2.64 bits per heavy atom. The maximum Gasteiger partial charge on any atom is 0.128 e. The third-order valence-corrected chi connectivity index (χ3v) is 6.01.